The van der Waals surface area contributed by atoms with E-state index in [0.29, 0.717) is 22.3 Å². The van der Waals surface area contributed by atoms with Crippen LogP contribution in [0.1, 0.15) is 16.8 Å². The average molecular weight is 365 g/mol. The maximum absolute atomic E-state index is 6.32. The van der Waals surface area contributed by atoms with Crippen LogP contribution in [0.3, 0.4) is 0 Å². The van der Waals surface area contributed by atoms with Gasteiger partial charge in [0.05, 0.1) is 10.4 Å². The van der Waals surface area contributed by atoms with Crippen LogP contribution in [0.25, 0.3) is 22.4 Å². The minimum absolute atomic E-state index is 0.583. The first-order valence-electron chi connectivity index (χ1n) is 8.21. The van der Waals surface area contributed by atoms with Gasteiger partial charge in [0.25, 0.3) is 0 Å². The monoisotopic (exact) mass is 364 g/mol. The van der Waals surface area contributed by atoms with Gasteiger partial charge in [0.1, 0.15) is 11.6 Å². The Morgan fingerprint density at radius 2 is 1.88 bits per heavy atom. The zero-order valence-electron chi connectivity index (χ0n) is 14.6. The smallest absolute Gasteiger partial charge is 0.183 e. The number of aryl methyl sites for hydroxylation is 2. The number of anilines is 2. The van der Waals surface area contributed by atoms with Crippen LogP contribution in [0, 0.1) is 20.8 Å². The lowest BCUT2D eigenvalue weighted by Gasteiger charge is -2.12. The van der Waals surface area contributed by atoms with Gasteiger partial charge in [0.15, 0.2) is 11.5 Å². The van der Waals surface area contributed by atoms with Crippen molar-refractivity contribution in [2.45, 2.75) is 20.8 Å². The number of pyridine rings is 1. The van der Waals surface area contributed by atoms with Gasteiger partial charge in [-0.25, -0.2) is 15.0 Å². The molecule has 0 aliphatic heterocycles. The standard InChI is InChI=1S/C19H17ClN6/c1-10-8-14-17(21-9-10)25-26-19(14)24-16-11(2)12(3)22-18(23-16)13-6-4-5-7-15(13)20/h4-9H,1-3H3,(H2,21,22,23,24,25,26). The summed E-state index contributed by atoms with van der Waals surface area (Å²) < 4.78 is 0. The van der Waals surface area contributed by atoms with Crippen LogP contribution in [0.4, 0.5) is 11.6 Å². The predicted octanol–water partition coefficient (Wildman–Crippen LogP) is 4.74. The number of fused-ring (bicyclic) bond motifs is 1. The van der Waals surface area contributed by atoms with E-state index >= 15 is 0 Å². The first-order chi connectivity index (χ1) is 12.5. The molecule has 6 nitrogen and oxygen atoms in total. The highest BCUT2D eigenvalue weighted by molar-refractivity contribution is 6.33. The second kappa shape index (κ2) is 6.38. The van der Waals surface area contributed by atoms with Crippen molar-refractivity contribution in [2.24, 2.45) is 0 Å². The van der Waals surface area contributed by atoms with Crippen molar-refractivity contribution < 1.29 is 0 Å². The molecule has 3 aromatic heterocycles. The molecule has 0 saturated carbocycles. The fourth-order valence-corrected chi connectivity index (χ4v) is 2.95. The molecule has 2 N–H and O–H groups in total. The highest BCUT2D eigenvalue weighted by Crippen LogP contribution is 2.29. The van der Waals surface area contributed by atoms with E-state index in [1.165, 1.54) is 0 Å². The van der Waals surface area contributed by atoms with Crippen LogP contribution in [-0.2, 0) is 0 Å². The van der Waals surface area contributed by atoms with Gasteiger partial charge >= 0.3 is 0 Å². The van der Waals surface area contributed by atoms with Crippen molar-refractivity contribution in [3.05, 3.63) is 58.4 Å². The molecule has 130 valence electrons. The van der Waals surface area contributed by atoms with Crippen molar-refractivity contribution in [3.63, 3.8) is 0 Å². The number of hydrogen-bond donors (Lipinski definition) is 2. The molecule has 7 heteroatoms. The molecule has 0 aliphatic rings. The van der Waals surface area contributed by atoms with E-state index in [1.54, 1.807) is 6.20 Å². The molecule has 0 spiro atoms. The van der Waals surface area contributed by atoms with E-state index in [0.717, 1.165) is 33.6 Å². The van der Waals surface area contributed by atoms with E-state index in [4.69, 9.17) is 16.6 Å². The molecular weight excluding hydrogens is 348 g/mol. The molecule has 4 aromatic rings. The molecule has 0 fully saturated rings. The zero-order valence-corrected chi connectivity index (χ0v) is 15.4. The Bertz CT molecular complexity index is 1120. The molecule has 0 aliphatic carbocycles. The molecule has 0 bridgehead atoms. The lowest BCUT2D eigenvalue weighted by Crippen LogP contribution is -2.03. The zero-order chi connectivity index (χ0) is 18.3. The van der Waals surface area contributed by atoms with Crippen molar-refractivity contribution in [1.82, 2.24) is 25.1 Å². The lowest BCUT2D eigenvalue weighted by molar-refractivity contribution is 1.06. The fraction of sp³-hybridized carbons (Fsp3) is 0.158. The van der Waals surface area contributed by atoms with Crippen LogP contribution < -0.4 is 5.32 Å². The number of rotatable bonds is 3. The van der Waals surface area contributed by atoms with Crippen molar-refractivity contribution in [1.29, 1.82) is 0 Å². The Labute approximate surface area is 155 Å². The highest BCUT2D eigenvalue weighted by Gasteiger charge is 2.14. The van der Waals surface area contributed by atoms with Crippen molar-refractivity contribution in [2.75, 3.05) is 5.32 Å². The van der Waals surface area contributed by atoms with Gasteiger partial charge in [-0.3, -0.25) is 5.10 Å². The summed E-state index contributed by atoms with van der Waals surface area (Å²) in [7, 11) is 0. The predicted molar refractivity (Wildman–Crippen MR) is 104 cm³/mol. The highest BCUT2D eigenvalue weighted by atomic mass is 35.5. The number of aromatic nitrogens is 5. The quantitative estimate of drug-likeness (QED) is 0.549. The summed E-state index contributed by atoms with van der Waals surface area (Å²) in [4.78, 5) is 13.6. The van der Waals surface area contributed by atoms with E-state index < -0.39 is 0 Å². The Morgan fingerprint density at radius 3 is 2.69 bits per heavy atom. The van der Waals surface area contributed by atoms with E-state index in [1.807, 2.05) is 51.1 Å². The molecule has 1 aromatic carbocycles. The lowest BCUT2D eigenvalue weighted by atomic mass is 10.2. The molecule has 0 amide bonds. The van der Waals surface area contributed by atoms with Crippen LogP contribution in [0.2, 0.25) is 5.02 Å². The van der Waals surface area contributed by atoms with Gasteiger partial charge in [-0.2, -0.15) is 5.10 Å². The first kappa shape index (κ1) is 16.5. The van der Waals surface area contributed by atoms with Gasteiger partial charge in [0, 0.05) is 23.0 Å². The number of benzene rings is 1. The minimum atomic E-state index is 0.583. The summed E-state index contributed by atoms with van der Waals surface area (Å²) in [6, 6.07) is 9.59. The molecular formula is C19H17ClN6. The topological polar surface area (TPSA) is 79.4 Å². The third-order valence-corrected chi connectivity index (χ3v) is 4.62. The van der Waals surface area contributed by atoms with Gasteiger partial charge < -0.3 is 5.32 Å². The molecule has 3 heterocycles. The number of halogens is 1. The normalized spacial score (nSPS) is 11.1. The van der Waals surface area contributed by atoms with Crippen LogP contribution in [-0.4, -0.2) is 25.1 Å². The van der Waals surface area contributed by atoms with Crippen molar-refractivity contribution >= 4 is 34.3 Å². The largest absolute Gasteiger partial charge is 0.324 e. The summed E-state index contributed by atoms with van der Waals surface area (Å²) >= 11 is 6.32. The number of nitrogens with one attached hydrogen (secondary N) is 2. The third-order valence-electron chi connectivity index (χ3n) is 4.29. The van der Waals surface area contributed by atoms with E-state index in [2.05, 4.69) is 25.5 Å². The molecule has 0 atom stereocenters. The Morgan fingerprint density at radius 1 is 1.08 bits per heavy atom. The van der Waals surface area contributed by atoms with Crippen molar-refractivity contribution in [3.8, 4) is 11.4 Å². The molecule has 0 unspecified atom stereocenters. The second-order valence-corrected chi connectivity index (χ2v) is 6.60. The summed E-state index contributed by atoms with van der Waals surface area (Å²) in [5.41, 5.74) is 4.37. The SMILES string of the molecule is Cc1cnc2n[nH]c(Nc3nc(-c4ccccc4Cl)nc(C)c3C)c2c1. The minimum Gasteiger partial charge on any atom is -0.324 e. The van der Waals surface area contributed by atoms with Gasteiger partial charge in [-0.15, -0.1) is 0 Å². The molecule has 4 rings (SSSR count). The van der Waals surface area contributed by atoms with Crippen LogP contribution in [0.5, 0.6) is 0 Å². The summed E-state index contributed by atoms with van der Waals surface area (Å²) in [6.07, 6.45) is 1.79. The first-order valence-corrected chi connectivity index (χ1v) is 8.58. The van der Waals surface area contributed by atoms with Crippen LogP contribution >= 0.6 is 11.6 Å². The molecule has 0 saturated heterocycles. The maximum atomic E-state index is 6.32. The van der Waals surface area contributed by atoms with Gasteiger partial charge in [-0.1, -0.05) is 23.7 Å². The van der Waals surface area contributed by atoms with Gasteiger partial charge in [-0.05, 0) is 44.5 Å². The second-order valence-electron chi connectivity index (χ2n) is 6.19. The Hall–Kier alpha value is -2.99. The summed E-state index contributed by atoms with van der Waals surface area (Å²) in [5.74, 6) is 2.04. The number of hydrogen-bond acceptors (Lipinski definition) is 5. The van der Waals surface area contributed by atoms with Crippen LogP contribution in [0.15, 0.2) is 36.5 Å². The summed E-state index contributed by atoms with van der Waals surface area (Å²) in [6.45, 7) is 5.94. The van der Waals surface area contributed by atoms with Gasteiger partial charge in [0.2, 0.25) is 0 Å². The molecule has 26 heavy (non-hydrogen) atoms. The number of nitrogens with zero attached hydrogens (tertiary/aromatic N) is 4. The Balaban J connectivity index is 1.81. The maximum Gasteiger partial charge on any atom is 0.183 e. The van der Waals surface area contributed by atoms with E-state index in [9.17, 15) is 0 Å². The van der Waals surface area contributed by atoms with E-state index in [-0.39, 0.29) is 0 Å². The third kappa shape index (κ3) is 2.88. The fourth-order valence-electron chi connectivity index (χ4n) is 2.73. The summed E-state index contributed by atoms with van der Waals surface area (Å²) in [5, 5.41) is 12.1. The number of H-pyrrole nitrogens is 1. The molecule has 0 radical (unpaired) electrons. The number of aromatic amines is 1. The average Bonchev–Trinajstić information content (AvgIpc) is 3.01. The Kier molecular flexibility index (Phi) is 4.05.